The molecule has 0 bridgehead atoms. The van der Waals surface area contributed by atoms with Crippen LogP contribution in [0.3, 0.4) is 0 Å². The molecule has 0 heterocycles. The third-order valence-electron chi connectivity index (χ3n) is 8.28. The first-order valence-corrected chi connectivity index (χ1v) is 21.8. The molecule has 306 valence electrons. The number of carboxylic acid groups (broad SMARTS) is 1. The first-order chi connectivity index (χ1) is 25.7. The van der Waals surface area contributed by atoms with E-state index in [0.29, 0.717) is 13.0 Å². The Hall–Kier alpha value is -2.33. The van der Waals surface area contributed by atoms with Crippen LogP contribution in [0.15, 0.2) is 60.8 Å². The van der Waals surface area contributed by atoms with Gasteiger partial charge in [-0.3, -0.25) is 18.6 Å². The van der Waals surface area contributed by atoms with Crippen LogP contribution in [0.5, 0.6) is 0 Å². The molecule has 3 unspecified atom stereocenters. The number of carbonyl (C=O) groups is 2. The van der Waals surface area contributed by atoms with Gasteiger partial charge < -0.3 is 25.2 Å². The van der Waals surface area contributed by atoms with Crippen molar-refractivity contribution >= 4 is 19.8 Å². The lowest BCUT2D eigenvalue weighted by Crippen LogP contribution is -2.34. The summed E-state index contributed by atoms with van der Waals surface area (Å²) in [5.41, 5.74) is 5.34. The van der Waals surface area contributed by atoms with Crippen LogP contribution in [-0.2, 0) is 32.7 Å². The maximum atomic E-state index is 12.6. The Bertz CT molecular complexity index is 1070. The van der Waals surface area contributed by atoms with Crippen molar-refractivity contribution in [3.8, 4) is 0 Å². The molecule has 0 saturated carbocycles. The first-order valence-electron chi connectivity index (χ1n) is 20.3. The molecule has 0 amide bonds. The molecular formula is C42H74NO9P. The molecule has 0 fully saturated rings. The highest BCUT2D eigenvalue weighted by Crippen LogP contribution is 2.43. The summed E-state index contributed by atoms with van der Waals surface area (Å²) < 4.78 is 33.3. The zero-order valence-corrected chi connectivity index (χ0v) is 34.0. The number of phosphoric ester groups is 1. The van der Waals surface area contributed by atoms with E-state index in [0.717, 1.165) is 89.9 Å². The molecule has 53 heavy (non-hydrogen) atoms. The van der Waals surface area contributed by atoms with E-state index >= 15 is 0 Å². The van der Waals surface area contributed by atoms with Crippen molar-refractivity contribution in [2.45, 2.75) is 167 Å². The van der Waals surface area contributed by atoms with E-state index in [1.165, 1.54) is 38.5 Å². The van der Waals surface area contributed by atoms with Crippen LogP contribution in [0.4, 0.5) is 0 Å². The average molecular weight is 768 g/mol. The number of esters is 1. The molecule has 0 aromatic heterocycles. The second kappa shape index (κ2) is 38.0. The lowest BCUT2D eigenvalue weighted by atomic mass is 10.1. The van der Waals surface area contributed by atoms with Crippen molar-refractivity contribution in [2.75, 3.05) is 26.4 Å². The number of hydrogen-bond acceptors (Lipinski definition) is 8. The Labute approximate surface area is 322 Å². The van der Waals surface area contributed by atoms with Crippen molar-refractivity contribution in [2.24, 2.45) is 5.73 Å². The molecule has 0 aliphatic carbocycles. The van der Waals surface area contributed by atoms with Gasteiger partial charge in [0.05, 0.1) is 19.8 Å². The van der Waals surface area contributed by atoms with Gasteiger partial charge in [0.15, 0.2) is 0 Å². The minimum absolute atomic E-state index is 0.000486. The van der Waals surface area contributed by atoms with E-state index < -0.39 is 45.1 Å². The SMILES string of the molecule is CC/C=C\C/C=C\C/C=C\CCCCCCCCOCC(COP(=O)(O)OCC(N)C(=O)O)OC(=O)CCCCCCC/C=C\C/C=C\CCCCC. The molecule has 0 saturated heterocycles. The minimum Gasteiger partial charge on any atom is -0.480 e. The molecular weight excluding hydrogens is 693 g/mol. The molecule has 0 spiro atoms. The Morgan fingerprint density at radius 3 is 1.64 bits per heavy atom. The van der Waals surface area contributed by atoms with Crippen LogP contribution in [0, 0.1) is 0 Å². The second-order valence-corrected chi connectivity index (χ2v) is 14.8. The minimum atomic E-state index is -4.62. The van der Waals surface area contributed by atoms with Crippen molar-refractivity contribution in [1.29, 1.82) is 0 Å². The lowest BCUT2D eigenvalue weighted by molar-refractivity contribution is -0.154. The fourth-order valence-corrected chi connectivity index (χ4v) is 5.90. The van der Waals surface area contributed by atoms with Gasteiger partial charge in [0.1, 0.15) is 12.1 Å². The summed E-state index contributed by atoms with van der Waals surface area (Å²) in [6, 6.07) is -1.48. The molecule has 0 radical (unpaired) electrons. The van der Waals surface area contributed by atoms with Gasteiger partial charge in [-0.2, -0.15) is 0 Å². The Morgan fingerprint density at radius 1 is 0.623 bits per heavy atom. The Morgan fingerprint density at radius 2 is 1.09 bits per heavy atom. The number of allylic oxidation sites excluding steroid dienone is 10. The molecule has 0 rings (SSSR count). The number of carbonyl (C=O) groups excluding carboxylic acids is 1. The van der Waals surface area contributed by atoms with Gasteiger partial charge in [-0.15, -0.1) is 0 Å². The number of unbranched alkanes of at least 4 members (excludes halogenated alkanes) is 14. The van der Waals surface area contributed by atoms with E-state index in [2.05, 4.69) is 74.6 Å². The van der Waals surface area contributed by atoms with Crippen LogP contribution in [0.2, 0.25) is 0 Å². The molecule has 0 aliphatic rings. The van der Waals surface area contributed by atoms with E-state index in [1.807, 2.05) is 0 Å². The maximum absolute atomic E-state index is 12.6. The number of rotatable bonds is 38. The summed E-state index contributed by atoms with van der Waals surface area (Å²) in [7, 11) is -4.62. The average Bonchev–Trinajstić information content (AvgIpc) is 3.13. The monoisotopic (exact) mass is 768 g/mol. The predicted octanol–water partition coefficient (Wildman–Crippen LogP) is 10.9. The number of hydrogen-bond donors (Lipinski definition) is 3. The van der Waals surface area contributed by atoms with Crippen LogP contribution < -0.4 is 5.73 Å². The summed E-state index contributed by atoms with van der Waals surface area (Å²) in [6.07, 6.45) is 44.1. The smallest absolute Gasteiger partial charge is 0.472 e. The fourth-order valence-electron chi connectivity index (χ4n) is 5.12. The molecule has 0 aromatic rings. The number of aliphatic carboxylic acids is 1. The third kappa shape index (κ3) is 37.8. The summed E-state index contributed by atoms with van der Waals surface area (Å²) in [5, 5.41) is 8.88. The quantitative estimate of drug-likeness (QED) is 0.0239. The van der Waals surface area contributed by atoms with Crippen molar-refractivity contribution in [3.63, 3.8) is 0 Å². The van der Waals surface area contributed by atoms with Gasteiger partial charge in [0.25, 0.3) is 0 Å². The molecule has 11 heteroatoms. The highest BCUT2D eigenvalue weighted by molar-refractivity contribution is 7.47. The zero-order valence-electron chi connectivity index (χ0n) is 33.1. The summed E-state index contributed by atoms with van der Waals surface area (Å²) in [4.78, 5) is 33.5. The topological polar surface area (TPSA) is 155 Å². The lowest BCUT2D eigenvalue weighted by Gasteiger charge is -2.20. The normalized spacial score (nSPS) is 14.6. The first kappa shape index (κ1) is 50.7. The van der Waals surface area contributed by atoms with Gasteiger partial charge in [0.2, 0.25) is 0 Å². The molecule has 0 aromatic carbocycles. The summed E-state index contributed by atoms with van der Waals surface area (Å²) >= 11 is 0. The largest absolute Gasteiger partial charge is 0.480 e. The summed E-state index contributed by atoms with van der Waals surface area (Å²) in [5.74, 6) is -1.80. The van der Waals surface area contributed by atoms with Gasteiger partial charge in [-0.25, -0.2) is 4.57 Å². The van der Waals surface area contributed by atoms with E-state index in [-0.39, 0.29) is 13.0 Å². The van der Waals surface area contributed by atoms with Crippen LogP contribution >= 0.6 is 7.82 Å². The van der Waals surface area contributed by atoms with Crippen molar-refractivity contribution < 1.29 is 42.7 Å². The number of carboxylic acids is 1. The predicted molar refractivity (Wildman–Crippen MR) is 217 cm³/mol. The third-order valence-corrected chi connectivity index (χ3v) is 9.23. The molecule has 4 N–H and O–H groups in total. The van der Waals surface area contributed by atoms with Gasteiger partial charge in [-0.1, -0.05) is 132 Å². The molecule has 10 nitrogen and oxygen atoms in total. The Balaban J connectivity index is 4.34. The highest BCUT2D eigenvalue weighted by atomic mass is 31.2. The van der Waals surface area contributed by atoms with Crippen molar-refractivity contribution in [3.05, 3.63) is 60.8 Å². The second-order valence-electron chi connectivity index (χ2n) is 13.4. The van der Waals surface area contributed by atoms with Crippen LogP contribution in [0.1, 0.15) is 155 Å². The van der Waals surface area contributed by atoms with Gasteiger partial charge in [-0.05, 0) is 77.0 Å². The van der Waals surface area contributed by atoms with E-state index in [9.17, 15) is 19.0 Å². The number of phosphoric acid groups is 1. The van der Waals surface area contributed by atoms with E-state index in [4.69, 9.17) is 29.4 Å². The summed E-state index contributed by atoms with van der Waals surface area (Å²) in [6.45, 7) is 3.68. The molecule has 0 aliphatic heterocycles. The number of ether oxygens (including phenoxy) is 2. The van der Waals surface area contributed by atoms with Crippen molar-refractivity contribution in [1.82, 2.24) is 0 Å². The van der Waals surface area contributed by atoms with Gasteiger partial charge >= 0.3 is 19.8 Å². The van der Waals surface area contributed by atoms with E-state index in [1.54, 1.807) is 0 Å². The standard InChI is InChI=1S/C42H74NO9P/c1-3-5-7-9-11-13-15-17-19-21-23-25-27-29-31-33-35-49-36-39(37-50-53(47,48)51-38-40(43)42(45)46)52-41(44)34-32-30-28-26-24-22-20-18-16-14-12-10-8-6-4-2/h5,7,11-14,17-20,39-40H,3-4,6,8-10,15-16,21-38,43H2,1-2H3,(H,45,46)(H,47,48)/b7-5-,13-11-,14-12-,19-17-,20-18-. The number of nitrogens with two attached hydrogens (primary N) is 1. The molecule has 3 atom stereocenters. The highest BCUT2D eigenvalue weighted by Gasteiger charge is 2.27. The fraction of sp³-hybridized carbons (Fsp3) is 0.714. The maximum Gasteiger partial charge on any atom is 0.472 e. The van der Waals surface area contributed by atoms with Crippen LogP contribution in [0.25, 0.3) is 0 Å². The van der Waals surface area contributed by atoms with Gasteiger partial charge in [0, 0.05) is 13.0 Å². The Kier molecular flexibility index (Phi) is 36.3. The van der Waals surface area contributed by atoms with Crippen LogP contribution in [-0.4, -0.2) is 60.5 Å². The zero-order chi connectivity index (χ0) is 39.1.